The van der Waals surface area contributed by atoms with Crippen LogP contribution in [0.15, 0.2) is 35.4 Å². The van der Waals surface area contributed by atoms with Crippen molar-refractivity contribution in [3.63, 3.8) is 0 Å². The van der Waals surface area contributed by atoms with Gasteiger partial charge in [-0.2, -0.15) is 0 Å². The van der Waals surface area contributed by atoms with Crippen LogP contribution in [-0.2, 0) is 0 Å². The molecule has 0 unspecified atom stereocenters. The fourth-order valence-electron chi connectivity index (χ4n) is 4.14. The highest BCUT2D eigenvalue weighted by atomic mass is 35.5. The van der Waals surface area contributed by atoms with Gasteiger partial charge in [0.1, 0.15) is 0 Å². The molecule has 4 rings (SSSR count). The fraction of sp³-hybridized carbons (Fsp3) is 0.421. The molecule has 2 aliphatic rings. The number of rotatable bonds is 4. The minimum atomic E-state index is 0.287. The molecule has 2 aliphatic carbocycles. The maximum atomic E-state index is 6.10. The molecule has 1 saturated carbocycles. The van der Waals surface area contributed by atoms with E-state index in [0.717, 1.165) is 16.4 Å². The van der Waals surface area contributed by atoms with Gasteiger partial charge in [0.2, 0.25) is 5.13 Å². The molecule has 1 aromatic heterocycles. The van der Waals surface area contributed by atoms with E-state index < -0.39 is 0 Å². The summed E-state index contributed by atoms with van der Waals surface area (Å²) >= 11 is 13.7. The Kier molecular flexibility index (Phi) is 4.06. The van der Waals surface area contributed by atoms with Gasteiger partial charge in [-0.3, -0.25) is 5.43 Å². The zero-order valence-corrected chi connectivity index (χ0v) is 16.8. The van der Waals surface area contributed by atoms with E-state index in [1.165, 1.54) is 18.5 Å². The number of hydrazine groups is 1. The van der Waals surface area contributed by atoms with Gasteiger partial charge in [-0.15, -0.1) is 11.3 Å². The minimum Gasteiger partial charge on any atom is -0.303 e. The first-order chi connectivity index (χ1) is 11.8. The summed E-state index contributed by atoms with van der Waals surface area (Å²) in [4.78, 5) is 4.64. The zero-order valence-electron chi connectivity index (χ0n) is 14.5. The number of anilines is 1. The van der Waals surface area contributed by atoms with Crippen LogP contribution in [0.4, 0.5) is 5.13 Å². The number of halogens is 2. The van der Waals surface area contributed by atoms with Gasteiger partial charge < -0.3 is 5.43 Å². The number of hydrogen-bond acceptors (Lipinski definition) is 4. The molecule has 1 fully saturated rings. The predicted molar refractivity (Wildman–Crippen MR) is 107 cm³/mol. The van der Waals surface area contributed by atoms with Crippen molar-refractivity contribution >= 4 is 39.7 Å². The van der Waals surface area contributed by atoms with Crippen LogP contribution in [0, 0.1) is 16.7 Å². The van der Waals surface area contributed by atoms with E-state index in [-0.39, 0.29) is 5.41 Å². The molecule has 25 heavy (non-hydrogen) atoms. The van der Waals surface area contributed by atoms with Gasteiger partial charge in [0.25, 0.3) is 0 Å². The third-order valence-electron chi connectivity index (χ3n) is 6.18. The van der Waals surface area contributed by atoms with E-state index >= 15 is 0 Å². The number of nitrogens with one attached hydrogen (secondary N) is 2. The molecule has 2 N–H and O–H groups in total. The number of benzene rings is 1. The molecule has 0 amide bonds. The highest BCUT2D eigenvalue weighted by Crippen LogP contribution is 2.63. The number of hydrogen-bond donors (Lipinski definition) is 2. The highest BCUT2D eigenvalue weighted by Gasteiger charge is 2.56. The quantitative estimate of drug-likeness (QED) is 0.592. The van der Waals surface area contributed by atoms with Crippen molar-refractivity contribution in [3.05, 3.63) is 45.4 Å². The average Bonchev–Trinajstić information content (AvgIpc) is 3.17. The van der Waals surface area contributed by atoms with Crippen molar-refractivity contribution < 1.29 is 0 Å². The molecule has 1 aromatic carbocycles. The number of aromatic nitrogens is 1. The van der Waals surface area contributed by atoms with Gasteiger partial charge in [-0.1, -0.05) is 56.1 Å². The maximum absolute atomic E-state index is 6.10. The van der Waals surface area contributed by atoms with Crippen molar-refractivity contribution in [2.75, 3.05) is 5.43 Å². The van der Waals surface area contributed by atoms with Crippen molar-refractivity contribution in [3.8, 4) is 11.3 Å². The Morgan fingerprint density at radius 3 is 2.60 bits per heavy atom. The van der Waals surface area contributed by atoms with Crippen LogP contribution in [-0.4, -0.2) is 4.98 Å². The van der Waals surface area contributed by atoms with Crippen LogP contribution in [0.2, 0.25) is 10.0 Å². The second-order valence-corrected chi connectivity index (χ2v) is 9.42. The van der Waals surface area contributed by atoms with E-state index in [1.54, 1.807) is 17.4 Å². The van der Waals surface area contributed by atoms with Gasteiger partial charge in [-0.25, -0.2) is 4.98 Å². The summed E-state index contributed by atoms with van der Waals surface area (Å²) in [6.07, 6.45) is 4.92. The summed E-state index contributed by atoms with van der Waals surface area (Å²) in [5.74, 6) is 0.583. The highest BCUT2D eigenvalue weighted by molar-refractivity contribution is 7.14. The van der Waals surface area contributed by atoms with E-state index in [1.807, 2.05) is 17.5 Å². The zero-order chi connectivity index (χ0) is 17.8. The number of fused-ring (bicyclic) bond motifs is 2. The maximum Gasteiger partial charge on any atom is 0.202 e. The van der Waals surface area contributed by atoms with Crippen LogP contribution in [0.1, 0.15) is 33.6 Å². The van der Waals surface area contributed by atoms with Crippen molar-refractivity contribution in [1.82, 2.24) is 10.4 Å². The topological polar surface area (TPSA) is 37.0 Å². The third-order valence-corrected chi connectivity index (χ3v) is 7.68. The van der Waals surface area contributed by atoms with Crippen LogP contribution in [0.25, 0.3) is 11.3 Å². The summed E-state index contributed by atoms with van der Waals surface area (Å²) in [6, 6.07) is 5.58. The Morgan fingerprint density at radius 2 is 1.96 bits per heavy atom. The minimum absolute atomic E-state index is 0.287. The Labute approximate surface area is 162 Å². The molecule has 0 spiro atoms. The van der Waals surface area contributed by atoms with Gasteiger partial charge in [0, 0.05) is 22.6 Å². The molecule has 1 heterocycles. The van der Waals surface area contributed by atoms with Crippen molar-refractivity contribution in [2.45, 2.75) is 33.6 Å². The van der Waals surface area contributed by atoms with Gasteiger partial charge in [0.15, 0.2) is 0 Å². The first-order valence-electron chi connectivity index (χ1n) is 8.46. The SMILES string of the molecule is CC1(C)[C@@H]2CC[C@@]1(C)C=C2NNc1nc(-c2ccc(Cl)c(Cl)c2)cs1. The molecule has 2 bridgehead atoms. The molecule has 2 aromatic rings. The fourth-order valence-corrected chi connectivity index (χ4v) is 5.11. The van der Waals surface area contributed by atoms with E-state index in [9.17, 15) is 0 Å². The molecule has 3 nitrogen and oxygen atoms in total. The Balaban J connectivity index is 1.47. The second kappa shape index (κ2) is 5.90. The van der Waals surface area contributed by atoms with Crippen LogP contribution in [0.3, 0.4) is 0 Å². The standard InChI is InChI=1S/C19H21Cl2N3S/c1-18(2)12-6-7-19(18,3)9-15(12)23-24-17-22-16(10-25-17)11-4-5-13(20)14(21)8-11/h4-5,8-10,12,23H,6-7H2,1-3H3,(H,22,24)/t12-,19+/m1/s1. The Bertz CT molecular complexity index is 858. The first kappa shape index (κ1) is 17.2. The van der Waals surface area contributed by atoms with Gasteiger partial charge >= 0.3 is 0 Å². The van der Waals surface area contributed by atoms with Crippen LogP contribution < -0.4 is 10.9 Å². The average molecular weight is 394 g/mol. The Hall–Kier alpha value is -1.23. The molecule has 0 aliphatic heterocycles. The molecule has 132 valence electrons. The molecular weight excluding hydrogens is 373 g/mol. The molecule has 0 radical (unpaired) electrons. The smallest absolute Gasteiger partial charge is 0.202 e. The van der Waals surface area contributed by atoms with Gasteiger partial charge in [-0.05, 0) is 35.8 Å². The summed E-state index contributed by atoms with van der Waals surface area (Å²) in [5, 5.41) is 3.96. The lowest BCUT2D eigenvalue weighted by Crippen LogP contribution is -2.30. The number of thiazole rings is 1. The monoisotopic (exact) mass is 393 g/mol. The lowest BCUT2D eigenvalue weighted by Gasteiger charge is -2.33. The number of nitrogens with zero attached hydrogens (tertiary/aromatic N) is 1. The van der Waals surface area contributed by atoms with E-state index in [2.05, 4.69) is 42.7 Å². The summed E-state index contributed by atoms with van der Waals surface area (Å²) in [6.45, 7) is 7.12. The Morgan fingerprint density at radius 1 is 1.16 bits per heavy atom. The first-order valence-corrected chi connectivity index (χ1v) is 10.1. The second-order valence-electron chi connectivity index (χ2n) is 7.75. The molecular formula is C19H21Cl2N3S. The number of allylic oxidation sites excluding steroid dienone is 2. The normalized spacial score (nSPS) is 26.6. The largest absolute Gasteiger partial charge is 0.303 e. The predicted octanol–water partition coefficient (Wildman–Crippen LogP) is 6.37. The molecule has 2 atom stereocenters. The van der Waals surface area contributed by atoms with Crippen LogP contribution >= 0.6 is 34.5 Å². The molecule has 0 saturated heterocycles. The molecule has 6 heteroatoms. The summed E-state index contributed by atoms with van der Waals surface area (Å²) in [7, 11) is 0. The third kappa shape index (κ3) is 2.75. The lowest BCUT2D eigenvalue weighted by atomic mass is 9.70. The van der Waals surface area contributed by atoms with Crippen molar-refractivity contribution in [2.24, 2.45) is 16.7 Å². The van der Waals surface area contributed by atoms with E-state index in [0.29, 0.717) is 21.4 Å². The summed E-state index contributed by atoms with van der Waals surface area (Å²) < 4.78 is 0. The van der Waals surface area contributed by atoms with Crippen molar-refractivity contribution in [1.29, 1.82) is 0 Å². The van der Waals surface area contributed by atoms with Gasteiger partial charge in [0.05, 0.1) is 15.7 Å². The summed E-state index contributed by atoms with van der Waals surface area (Å²) in [5.41, 5.74) is 10.4. The van der Waals surface area contributed by atoms with E-state index in [4.69, 9.17) is 23.2 Å². The van der Waals surface area contributed by atoms with Crippen LogP contribution in [0.5, 0.6) is 0 Å². The lowest BCUT2D eigenvalue weighted by molar-refractivity contribution is 0.178.